The topological polar surface area (TPSA) is 60.9 Å². The molecule has 0 aliphatic carbocycles. The predicted octanol–water partition coefficient (Wildman–Crippen LogP) is 8.05. The summed E-state index contributed by atoms with van der Waals surface area (Å²) in [4.78, 5) is 24.8. The van der Waals surface area contributed by atoms with Crippen LogP contribution in [0.5, 0.6) is 11.5 Å². The molecule has 0 amide bonds. The summed E-state index contributed by atoms with van der Waals surface area (Å²) in [5, 5.41) is 0. The third-order valence-electron chi connectivity index (χ3n) is 8.79. The van der Waals surface area contributed by atoms with Crippen molar-refractivity contribution < 1.29 is 45.9 Å². The van der Waals surface area contributed by atoms with Gasteiger partial charge in [-0.3, -0.25) is 9.97 Å². The van der Waals surface area contributed by atoms with Crippen LogP contribution < -0.4 is 24.3 Å². The number of ether oxygens (including phenoxy) is 1. The summed E-state index contributed by atoms with van der Waals surface area (Å²) in [6.45, 7) is 8.04. The Balaban J connectivity index is 0.000000231. The Kier molecular flexibility index (Phi) is 13.4. The summed E-state index contributed by atoms with van der Waals surface area (Å²) in [7, 11) is 7.99. The molecule has 0 radical (unpaired) electrons. The summed E-state index contributed by atoms with van der Waals surface area (Å²) in [6, 6.07) is 36.1. The smallest absolute Gasteiger partial charge is 0.531 e. The Morgan fingerprint density at radius 3 is 1.53 bits per heavy atom. The third kappa shape index (κ3) is 9.71. The van der Waals surface area contributed by atoms with E-state index in [0.717, 1.165) is 45.3 Å². The second-order valence-corrected chi connectivity index (χ2v) is 13.1. The second kappa shape index (κ2) is 18.6. The molecule has 290 valence electrons. The van der Waals surface area contributed by atoms with Gasteiger partial charge in [-0.1, -0.05) is 52.5 Å². The van der Waals surface area contributed by atoms with Crippen LogP contribution in [0, 0.1) is 44.9 Å². The maximum absolute atomic E-state index is 6.51. The molecule has 2 aromatic heterocycles. The van der Waals surface area contributed by atoms with E-state index in [1.54, 1.807) is 12.4 Å². The van der Waals surface area contributed by atoms with E-state index in [9.17, 15) is 0 Å². The number of hydrogen-bond acceptors (Lipinski definition) is 11. The molecular weight excluding hydrogens is 1070 g/mol. The van der Waals surface area contributed by atoms with Gasteiger partial charge in [-0.05, 0) is 89.9 Å². The Morgan fingerprint density at radius 2 is 1.02 bits per heavy atom. The first-order chi connectivity index (χ1) is 26.9. The SMILES string of the molecule is CN1C=CN(c2[c-]c(Oc3[c-]c(N4C=CN(C)[CH-]4)c(N4C=CN(C)[CH-]4)cc3N3C=CN(C)[CH-]3)ccc2)[CH-]1.[Ir+3].[Pt+4].[c-]1c(-c2ccccn2)cccc1-c1ccccn1. The fraction of sp³-hybridized carbons (Fsp3) is 0.0909. The molecule has 57 heavy (non-hydrogen) atoms. The molecule has 0 unspecified atom stereocenters. The van der Waals surface area contributed by atoms with E-state index in [-0.39, 0.29) is 41.2 Å². The molecule has 0 saturated heterocycles. The van der Waals surface area contributed by atoms with Crippen molar-refractivity contribution in [1.82, 2.24) is 29.6 Å². The van der Waals surface area contributed by atoms with Crippen molar-refractivity contribution in [3.63, 3.8) is 0 Å². The number of benzene rings is 3. The zero-order chi connectivity index (χ0) is 37.7. The third-order valence-corrected chi connectivity index (χ3v) is 8.79. The Morgan fingerprint density at radius 1 is 0.509 bits per heavy atom. The molecule has 4 aliphatic heterocycles. The molecule has 0 spiro atoms. The maximum atomic E-state index is 6.51. The fourth-order valence-electron chi connectivity index (χ4n) is 6.09. The summed E-state index contributed by atoms with van der Waals surface area (Å²) >= 11 is 0. The molecular formula is C44H39IrN10OPt. The van der Waals surface area contributed by atoms with Crippen LogP contribution in [-0.4, -0.2) is 57.8 Å². The van der Waals surface area contributed by atoms with E-state index in [4.69, 9.17) is 4.74 Å². The van der Waals surface area contributed by atoms with Crippen LogP contribution in [0.4, 0.5) is 22.7 Å². The van der Waals surface area contributed by atoms with E-state index in [2.05, 4.69) is 39.1 Å². The van der Waals surface area contributed by atoms with Gasteiger partial charge in [-0.2, -0.15) is 32.7 Å². The van der Waals surface area contributed by atoms with Gasteiger partial charge in [-0.25, -0.2) is 0 Å². The van der Waals surface area contributed by atoms with Crippen molar-refractivity contribution in [3.8, 4) is 34.0 Å². The first-order valence-corrected chi connectivity index (χ1v) is 17.7. The Labute approximate surface area is 363 Å². The molecule has 4 aliphatic rings. The minimum atomic E-state index is 0. The number of aromatic nitrogens is 2. The van der Waals surface area contributed by atoms with E-state index < -0.39 is 0 Å². The minimum absolute atomic E-state index is 0. The van der Waals surface area contributed by atoms with Crippen LogP contribution in [0.15, 0.2) is 141 Å². The largest absolute Gasteiger partial charge is 4.00 e. The van der Waals surface area contributed by atoms with Gasteiger partial charge < -0.3 is 43.9 Å². The van der Waals surface area contributed by atoms with Crippen LogP contribution >= 0.6 is 0 Å². The molecule has 5 aromatic rings. The molecule has 0 bridgehead atoms. The van der Waals surface area contributed by atoms with Crippen molar-refractivity contribution in [2.75, 3.05) is 47.8 Å². The molecule has 0 saturated carbocycles. The zero-order valence-corrected chi connectivity index (χ0v) is 36.3. The summed E-state index contributed by atoms with van der Waals surface area (Å²) in [6.07, 6.45) is 19.6. The quantitative estimate of drug-likeness (QED) is 0.142. The number of pyridine rings is 2. The van der Waals surface area contributed by atoms with Gasteiger partial charge in [0.2, 0.25) is 0 Å². The first kappa shape index (κ1) is 41.1. The molecule has 0 N–H and O–H groups in total. The monoisotopic (exact) mass is 1110 g/mol. The van der Waals surface area contributed by atoms with Crippen LogP contribution in [0.3, 0.4) is 0 Å². The molecule has 13 heteroatoms. The van der Waals surface area contributed by atoms with Crippen molar-refractivity contribution in [2.45, 2.75) is 0 Å². The van der Waals surface area contributed by atoms with E-state index in [1.807, 2.05) is 212 Å². The van der Waals surface area contributed by atoms with Crippen LogP contribution in [0.25, 0.3) is 22.5 Å². The van der Waals surface area contributed by atoms with E-state index >= 15 is 0 Å². The van der Waals surface area contributed by atoms with Gasteiger partial charge in [0.25, 0.3) is 0 Å². The van der Waals surface area contributed by atoms with Gasteiger partial charge in [-0.15, -0.1) is 60.3 Å². The summed E-state index contributed by atoms with van der Waals surface area (Å²) in [5.41, 5.74) is 7.40. The average Bonchev–Trinajstić information content (AvgIpc) is 4.05. The first-order valence-electron chi connectivity index (χ1n) is 17.7. The number of anilines is 4. The minimum Gasteiger partial charge on any atom is -0.531 e. The molecule has 0 atom stereocenters. The average molecular weight is 1110 g/mol. The van der Waals surface area contributed by atoms with Crippen molar-refractivity contribution in [1.29, 1.82) is 0 Å². The zero-order valence-electron chi connectivity index (χ0n) is 31.6. The number of nitrogens with zero attached hydrogens (tertiary/aromatic N) is 10. The standard InChI is InChI=1S/C28H28N8O.C16H11N2.Ir.Pt/c1-29-8-12-33(19-29)23-6-5-7-24(16-23)37-28-18-26(35-14-10-31(3)21-35)25(34-13-9-30(2)20-34)17-27(28)36-15-11-32(4)22-36;1-3-10-17-15(8-1)13-6-5-7-14(12-13)16-9-2-4-11-18-16;;/h5-15,17,19-22H,1-4H3;1-11H;;/q-6;-1;+3;+4. The van der Waals surface area contributed by atoms with Crippen LogP contribution in [-0.2, 0) is 41.2 Å². The van der Waals surface area contributed by atoms with Gasteiger partial charge >= 0.3 is 41.2 Å². The van der Waals surface area contributed by atoms with Gasteiger partial charge in [0, 0.05) is 35.3 Å². The van der Waals surface area contributed by atoms with Crippen LogP contribution in [0.2, 0.25) is 0 Å². The van der Waals surface area contributed by atoms with Crippen molar-refractivity contribution >= 4 is 22.7 Å². The van der Waals surface area contributed by atoms with Gasteiger partial charge in [0.15, 0.2) is 0 Å². The molecule has 11 nitrogen and oxygen atoms in total. The summed E-state index contributed by atoms with van der Waals surface area (Å²) < 4.78 is 6.51. The van der Waals surface area contributed by atoms with Gasteiger partial charge in [0.05, 0.1) is 0 Å². The van der Waals surface area contributed by atoms with E-state index in [1.165, 1.54) is 0 Å². The van der Waals surface area contributed by atoms with Crippen molar-refractivity contribution in [2.24, 2.45) is 0 Å². The van der Waals surface area contributed by atoms with Gasteiger partial charge in [0.1, 0.15) is 0 Å². The molecule has 9 rings (SSSR count). The molecule has 0 fully saturated rings. The van der Waals surface area contributed by atoms with E-state index in [0.29, 0.717) is 11.5 Å². The summed E-state index contributed by atoms with van der Waals surface area (Å²) in [5.74, 6) is 1.20. The maximum Gasteiger partial charge on any atom is 4.00 e. The Bertz CT molecular complexity index is 2180. The Hall–Kier alpha value is -5.54. The van der Waals surface area contributed by atoms with Crippen LogP contribution in [0.1, 0.15) is 0 Å². The normalized spacial score (nSPS) is 15.3. The second-order valence-electron chi connectivity index (χ2n) is 13.1. The number of hydrogen-bond donors (Lipinski definition) is 0. The molecule has 6 heterocycles. The fourth-order valence-corrected chi connectivity index (χ4v) is 6.09. The van der Waals surface area contributed by atoms with Crippen molar-refractivity contribution in [3.05, 3.63) is 186 Å². The predicted molar refractivity (Wildman–Crippen MR) is 217 cm³/mol. The molecule has 3 aromatic carbocycles. The number of rotatable bonds is 8.